The maximum atomic E-state index is 14.3. The Morgan fingerprint density at radius 1 is 1.67 bits per heavy atom. The van der Waals surface area contributed by atoms with Crippen LogP contribution in [0.4, 0.5) is 4.39 Å². The highest BCUT2D eigenvalue weighted by atomic mass is 19.1. The molecule has 0 aromatic carbocycles. The van der Waals surface area contributed by atoms with Crippen LogP contribution in [-0.4, -0.2) is 28.3 Å². The van der Waals surface area contributed by atoms with Crippen molar-refractivity contribution in [1.29, 1.82) is 0 Å². The highest BCUT2D eigenvalue weighted by Gasteiger charge is 2.33. The third-order valence-corrected chi connectivity index (χ3v) is 3.04. The Balaban J connectivity index is 2.06. The van der Waals surface area contributed by atoms with Gasteiger partial charge in [0.25, 0.3) is 0 Å². The van der Waals surface area contributed by atoms with Crippen LogP contribution in [0.15, 0.2) is 12.4 Å². The van der Waals surface area contributed by atoms with Crippen molar-refractivity contribution in [2.75, 3.05) is 13.1 Å². The van der Waals surface area contributed by atoms with Crippen LogP contribution in [0.2, 0.25) is 0 Å². The maximum Gasteiger partial charge on any atom is 0.130 e. The first-order valence-electron chi connectivity index (χ1n) is 5.63. The molecule has 0 amide bonds. The summed E-state index contributed by atoms with van der Waals surface area (Å²) < 4.78 is 16.3. The Morgan fingerprint density at radius 2 is 2.53 bits per heavy atom. The summed E-state index contributed by atoms with van der Waals surface area (Å²) in [7, 11) is 0. The largest absolute Gasteiger partial charge is 0.335 e. The summed E-state index contributed by atoms with van der Waals surface area (Å²) in [6, 6.07) is 0. The first-order chi connectivity index (χ1) is 7.23. The molecule has 1 aromatic rings. The highest BCUT2D eigenvalue weighted by molar-refractivity contribution is 5.01. The molecule has 1 aromatic heterocycles. The van der Waals surface area contributed by atoms with Crippen LogP contribution in [0.25, 0.3) is 0 Å². The predicted molar refractivity (Wildman–Crippen MR) is 57.5 cm³/mol. The maximum absolute atomic E-state index is 14.3. The number of imidazole rings is 1. The van der Waals surface area contributed by atoms with E-state index in [1.165, 1.54) is 0 Å². The third kappa shape index (κ3) is 2.37. The zero-order valence-electron chi connectivity index (χ0n) is 9.17. The number of nitrogens with one attached hydrogen (secondary N) is 1. The molecule has 2 heterocycles. The molecular formula is C11H18FN3. The zero-order valence-corrected chi connectivity index (χ0v) is 9.17. The highest BCUT2D eigenvalue weighted by Crippen LogP contribution is 2.25. The van der Waals surface area contributed by atoms with Crippen molar-refractivity contribution in [3.05, 3.63) is 18.2 Å². The lowest BCUT2D eigenvalue weighted by Crippen LogP contribution is -2.44. The molecule has 15 heavy (non-hydrogen) atoms. The lowest BCUT2D eigenvalue weighted by molar-refractivity contribution is 0.119. The minimum atomic E-state index is -1.10. The molecule has 0 spiro atoms. The van der Waals surface area contributed by atoms with Gasteiger partial charge in [-0.25, -0.2) is 9.37 Å². The fourth-order valence-electron chi connectivity index (χ4n) is 2.16. The van der Waals surface area contributed by atoms with Gasteiger partial charge in [-0.1, -0.05) is 0 Å². The van der Waals surface area contributed by atoms with Crippen LogP contribution in [-0.2, 0) is 13.0 Å². The number of aryl methyl sites for hydroxylation is 1. The molecular weight excluding hydrogens is 193 g/mol. The molecule has 1 fully saturated rings. The molecule has 84 valence electrons. The summed E-state index contributed by atoms with van der Waals surface area (Å²) in [5, 5.41) is 3.11. The Morgan fingerprint density at radius 3 is 3.20 bits per heavy atom. The van der Waals surface area contributed by atoms with Crippen molar-refractivity contribution >= 4 is 0 Å². The quantitative estimate of drug-likeness (QED) is 0.822. The van der Waals surface area contributed by atoms with Gasteiger partial charge >= 0.3 is 0 Å². The molecule has 1 atom stereocenters. The van der Waals surface area contributed by atoms with Crippen LogP contribution in [0, 0.1) is 0 Å². The summed E-state index contributed by atoms with van der Waals surface area (Å²) in [6.45, 7) is 4.31. The normalized spacial score (nSPS) is 26.8. The standard InChI is InChI=1S/C11H18FN3/c1-2-15-7-6-14-10(15)8-11(12)4-3-5-13-9-11/h6-7,13H,2-5,8-9H2,1H3. The van der Waals surface area contributed by atoms with Crippen LogP contribution in [0.3, 0.4) is 0 Å². The summed E-state index contributed by atoms with van der Waals surface area (Å²) in [4.78, 5) is 4.22. The average molecular weight is 211 g/mol. The Labute approximate surface area is 89.7 Å². The van der Waals surface area contributed by atoms with Gasteiger partial charge in [-0.15, -0.1) is 0 Å². The fourth-order valence-corrected chi connectivity index (χ4v) is 2.16. The van der Waals surface area contributed by atoms with Gasteiger partial charge in [0.15, 0.2) is 0 Å². The predicted octanol–water partition coefficient (Wildman–Crippen LogP) is 1.54. The number of piperidine rings is 1. The molecule has 0 saturated carbocycles. The van der Waals surface area contributed by atoms with E-state index in [1.807, 2.05) is 10.8 Å². The smallest absolute Gasteiger partial charge is 0.130 e. The second-order valence-electron chi connectivity index (χ2n) is 4.24. The van der Waals surface area contributed by atoms with Crippen molar-refractivity contribution < 1.29 is 4.39 Å². The second-order valence-corrected chi connectivity index (χ2v) is 4.24. The van der Waals surface area contributed by atoms with Crippen LogP contribution in [0.5, 0.6) is 0 Å². The lowest BCUT2D eigenvalue weighted by atomic mass is 9.92. The summed E-state index contributed by atoms with van der Waals surface area (Å²) in [6.07, 6.45) is 5.66. The van der Waals surface area contributed by atoms with Gasteiger partial charge in [-0.2, -0.15) is 0 Å². The molecule has 3 nitrogen and oxygen atoms in total. The van der Waals surface area contributed by atoms with Gasteiger partial charge in [0, 0.05) is 31.9 Å². The molecule has 0 radical (unpaired) electrons. The summed E-state index contributed by atoms with van der Waals surface area (Å²) >= 11 is 0. The topological polar surface area (TPSA) is 29.9 Å². The molecule has 0 aliphatic carbocycles. The minimum Gasteiger partial charge on any atom is -0.335 e. The van der Waals surface area contributed by atoms with E-state index in [9.17, 15) is 4.39 Å². The van der Waals surface area contributed by atoms with E-state index in [2.05, 4.69) is 17.2 Å². The Kier molecular flexibility index (Phi) is 3.05. The number of aromatic nitrogens is 2. The zero-order chi connectivity index (χ0) is 10.7. The number of halogens is 1. The number of alkyl halides is 1. The van der Waals surface area contributed by atoms with Crippen molar-refractivity contribution in [3.8, 4) is 0 Å². The van der Waals surface area contributed by atoms with Crippen molar-refractivity contribution in [2.24, 2.45) is 0 Å². The van der Waals surface area contributed by atoms with Gasteiger partial charge < -0.3 is 9.88 Å². The van der Waals surface area contributed by atoms with E-state index >= 15 is 0 Å². The van der Waals surface area contributed by atoms with E-state index in [-0.39, 0.29) is 0 Å². The Hall–Kier alpha value is -0.900. The van der Waals surface area contributed by atoms with E-state index in [4.69, 9.17) is 0 Å². The number of hydrogen-bond acceptors (Lipinski definition) is 2. The van der Waals surface area contributed by atoms with Gasteiger partial charge in [0.05, 0.1) is 0 Å². The van der Waals surface area contributed by atoms with Crippen molar-refractivity contribution in [2.45, 2.75) is 38.4 Å². The molecule has 0 bridgehead atoms. The average Bonchev–Trinajstić information content (AvgIpc) is 2.65. The molecule has 2 rings (SSSR count). The summed E-state index contributed by atoms with van der Waals surface area (Å²) in [5.41, 5.74) is -1.10. The van der Waals surface area contributed by atoms with E-state index < -0.39 is 5.67 Å². The molecule has 1 N–H and O–H groups in total. The van der Waals surface area contributed by atoms with E-state index in [0.717, 1.165) is 25.3 Å². The summed E-state index contributed by atoms with van der Waals surface area (Å²) in [5.74, 6) is 0.865. The molecule has 1 saturated heterocycles. The SMILES string of the molecule is CCn1ccnc1CC1(F)CCCNC1. The van der Waals surface area contributed by atoms with Crippen molar-refractivity contribution in [3.63, 3.8) is 0 Å². The van der Waals surface area contributed by atoms with Gasteiger partial charge in [0.2, 0.25) is 0 Å². The van der Waals surface area contributed by atoms with E-state index in [0.29, 0.717) is 19.4 Å². The van der Waals surface area contributed by atoms with Gasteiger partial charge in [-0.05, 0) is 26.3 Å². The first kappa shape index (κ1) is 10.6. The number of nitrogens with zero attached hydrogens (tertiary/aromatic N) is 2. The number of hydrogen-bond donors (Lipinski definition) is 1. The van der Waals surface area contributed by atoms with Crippen molar-refractivity contribution in [1.82, 2.24) is 14.9 Å². The number of rotatable bonds is 3. The van der Waals surface area contributed by atoms with Crippen LogP contribution < -0.4 is 5.32 Å². The first-order valence-corrected chi connectivity index (χ1v) is 5.63. The fraction of sp³-hybridized carbons (Fsp3) is 0.727. The van der Waals surface area contributed by atoms with E-state index in [1.54, 1.807) is 6.20 Å². The molecule has 1 aliphatic rings. The van der Waals surface area contributed by atoms with Crippen LogP contribution in [0.1, 0.15) is 25.6 Å². The second kappa shape index (κ2) is 4.31. The monoisotopic (exact) mass is 211 g/mol. The molecule has 4 heteroatoms. The van der Waals surface area contributed by atoms with Crippen LogP contribution >= 0.6 is 0 Å². The molecule has 1 aliphatic heterocycles. The third-order valence-electron chi connectivity index (χ3n) is 3.04. The van der Waals surface area contributed by atoms with Gasteiger partial charge in [-0.3, -0.25) is 0 Å². The van der Waals surface area contributed by atoms with Gasteiger partial charge in [0.1, 0.15) is 11.5 Å². The molecule has 1 unspecified atom stereocenters. The lowest BCUT2D eigenvalue weighted by Gasteiger charge is -2.29. The minimum absolute atomic E-state index is 0.431. The Bertz CT molecular complexity index is 315.